The molecule has 0 atom stereocenters. The van der Waals surface area contributed by atoms with Gasteiger partial charge >= 0.3 is 0 Å². The number of nitrogens with two attached hydrogens (primary N) is 1. The van der Waals surface area contributed by atoms with Gasteiger partial charge in [-0.1, -0.05) is 0 Å². The number of primary amides is 1. The number of benzene rings is 1. The molecule has 5 heteroatoms. The molecule has 0 fully saturated rings. The van der Waals surface area contributed by atoms with E-state index in [1.54, 1.807) is 6.07 Å². The Morgan fingerprint density at radius 2 is 2.20 bits per heavy atom. The van der Waals surface area contributed by atoms with Gasteiger partial charge in [0.15, 0.2) is 0 Å². The number of halogens is 2. The zero-order valence-corrected chi connectivity index (χ0v) is 7.63. The number of rotatable bonds is 3. The van der Waals surface area contributed by atoms with Gasteiger partial charge in [-0.25, -0.2) is 8.78 Å². The van der Waals surface area contributed by atoms with E-state index in [-0.39, 0.29) is 17.5 Å². The highest BCUT2D eigenvalue weighted by Gasteiger charge is 2.16. The summed E-state index contributed by atoms with van der Waals surface area (Å²) in [5, 5.41) is 8.25. The Hall–Kier alpha value is -1.96. The van der Waals surface area contributed by atoms with Crippen LogP contribution in [0.1, 0.15) is 15.9 Å². The van der Waals surface area contributed by atoms with Gasteiger partial charge in [0, 0.05) is 5.56 Å². The first-order valence-electron chi connectivity index (χ1n) is 4.06. The van der Waals surface area contributed by atoms with Gasteiger partial charge in [-0.2, -0.15) is 5.26 Å². The van der Waals surface area contributed by atoms with E-state index in [2.05, 4.69) is 0 Å². The van der Waals surface area contributed by atoms with Crippen LogP contribution in [0.5, 0.6) is 0 Å². The van der Waals surface area contributed by atoms with Crippen molar-refractivity contribution in [3.63, 3.8) is 0 Å². The lowest BCUT2D eigenvalue weighted by Crippen LogP contribution is -2.15. The third-order valence-corrected chi connectivity index (χ3v) is 1.85. The number of nitriles is 1. The predicted octanol–water partition coefficient (Wildman–Crippen LogP) is 1.33. The van der Waals surface area contributed by atoms with Gasteiger partial charge in [0.1, 0.15) is 11.6 Å². The van der Waals surface area contributed by atoms with Gasteiger partial charge in [0.2, 0.25) is 0 Å². The largest absolute Gasteiger partial charge is 0.366 e. The lowest BCUT2D eigenvalue weighted by molar-refractivity contribution is 0.0996. The van der Waals surface area contributed by atoms with E-state index in [0.29, 0.717) is 0 Å². The molecule has 1 rings (SSSR count). The van der Waals surface area contributed by atoms with Gasteiger partial charge < -0.3 is 5.73 Å². The molecule has 0 saturated heterocycles. The number of carbonyl (C=O) groups excluding carboxylic acids is 1. The Balaban J connectivity index is 3.19. The predicted molar refractivity (Wildman–Crippen MR) is 48.5 cm³/mol. The highest BCUT2D eigenvalue weighted by atomic mass is 19.1. The van der Waals surface area contributed by atoms with Crippen LogP contribution in [-0.2, 0) is 6.42 Å². The molecule has 1 amide bonds. The van der Waals surface area contributed by atoms with E-state index in [9.17, 15) is 13.6 Å². The van der Waals surface area contributed by atoms with Crippen LogP contribution in [-0.4, -0.2) is 5.91 Å². The average Bonchev–Trinajstić information content (AvgIpc) is 2.17. The maximum Gasteiger partial charge on any atom is 0.251 e. The molecule has 0 unspecified atom stereocenters. The summed E-state index contributed by atoms with van der Waals surface area (Å²) >= 11 is 0. The summed E-state index contributed by atoms with van der Waals surface area (Å²) in [6.07, 6.45) is 0.835. The minimum Gasteiger partial charge on any atom is -0.366 e. The molecule has 0 spiro atoms. The van der Waals surface area contributed by atoms with Crippen molar-refractivity contribution in [1.29, 1.82) is 5.26 Å². The van der Waals surface area contributed by atoms with Gasteiger partial charge in [0.25, 0.3) is 5.91 Å². The summed E-state index contributed by atoms with van der Waals surface area (Å²) in [5.41, 5.74) is 4.18. The van der Waals surface area contributed by atoms with Crippen LogP contribution in [0.4, 0.5) is 8.78 Å². The fraction of sp³-hybridized carbons (Fsp3) is 0.100. The summed E-state index contributed by atoms with van der Waals surface area (Å²) in [6, 6.07) is 3.57. The van der Waals surface area contributed by atoms with E-state index in [4.69, 9.17) is 11.0 Å². The van der Waals surface area contributed by atoms with E-state index in [0.717, 1.165) is 18.6 Å². The van der Waals surface area contributed by atoms with Crippen LogP contribution in [0, 0.1) is 29.4 Å². The highest BCUT2D eigenvalue weighted by molar-refractivity contribution is 5.93. The van der Waals surface area contributed by atoms with Crippen LogP contribution in [0.2, 0.25) is 0 Å². The topological polar surface area (TPSA) is 66.9 Å². The molecule has 0 aliphatic carbocycles. The lowest BCUT2D eigenvalue weighted by atomic mass is 10.0. The summed E-state index contributed by atoms with van der Waals surface area (Å²) in [4.78, 5) is 10.7. The molecule has 0 aromatic heterocycles. The third-order valence-electron chi connectivity index (χ3n) is 1.85. The maximum atomic E-state index is 13.4. The van der Waals surface area contributed by atoms with Crippen molar-refractivity contribution in [2.24, 2.45) is 5.73 Å². The molecule has 3 nitrogen and oxygen atoms in total. The SMILES string of the molecule is N#C[CH]Cc1c(F)ccc(C(N)=O)c1F. The molecule has 1 radical (unpaired) electrons. The Kier molecular flexibility index (Phi) is 3.34. The van der Waals surface area contributed by atoms with Crippen molar-refractivity contribution >= 4 is 5.91 Å². The van der Waals surface area contributed by atoms with Gasteiger partial charge in [0.05, 0.1) is 18.1 Å². The van der Waals surface area contributed by atoms with Crippen LogP contribution in [0.15, 0.2) is 12.1 Å². The Morgan fingerprint density at radius 1 is 1.53 bits per heavy atom. The minimum atomic E-state index is -1.01. The second-order valence-electron chi connectivity index (χ2n) is 2.79. The van der Waals surface area contributed by atoms with Crippen LogP contribution in [0.25, 0.3) is 0 Å². The van der Waals surface area contributed by atoms with Crippen LogP contribution in [0.3, 0.4) is 0 Å². The zero-order chi connectivity index (χ0) is 11.4. The zero-order valence-electron chi connectivity index (χ0n) is 7.63. The van der Waals surface area contributed by atoms with E-state index in [1.165, 1.54) is 0 Å². The molecular formula is C10H7F2N2O. The number of hydrogen-bond donors (Lipinski definition) is 1. The third kappa shape index (κ3) is 2.29. The number of carbonyl (C=O) groups is 1. The van der Waals surface area contributed by atoms with Crippen molar-refractivity contribution in [2.45, 2.75) is 6.42 Å². The number of nitrogens with zero attached hydrogens (tertiary/aromatic N) is 1. The molecule has 2 N–H and O–H groups in total. The quantitative estimate of drug-likeness (QED) is 0.816. The summed E-state index contributed by atoms with van der Waals surface area (Å²) in [7, 11) is 0. The maximum absolute atomic E-state index is 13.4. The summed E-state index contributed by atoms with van der Waals surface area (Å²) in [6.45, 7) is 0. The molecule has 0 aliphatic rings. The minimum absolute atomic E-state index is 0.199. The number of hydrogen-bond acceptors (Lipinski definition) is 2. The molecular weight excluding hydrogens is 202 g/mol. The molecule has 1 aromatic rings. The van der Waals surface area contributed by atoms with Crippen molar-refractivity contribution < 1.29 is 13.6 Å². The first-order valence-corrected chi connectivity index (χ1v) is 4.06. The first kappa shape index (κ1) is 11.1. The Morgan fingerprint density at radius 3 is 2.73 bits per heavy atom. The van der Waals surface area contributed by atoms with Gasteiger partial charge in [-0.15, -0.1) is 0 Å². The monoisotopic (exact) mass is 209 g/mol. The second-order valence-corrected chi connectivity index (χ2v) is 2.79. The molecule has 15 heavy (non-hydrogen) atoms. The standard InChI is InChI=1S/C10H7F2N2O/c11-8-4-3-7(10(14)15)9(12)6(8)2-1-5-13/h1,3-4H,2H2,(H2,14,15). The van der Waals surface area contributed by atoms with Gasteiger partial charge in [-0.3, -0.25) is 4.79 Å². The number of amides is 1. The Bertz CT molecular complexity index is 438. The second kappa shape index (κ2) is 4.51. The highest BCUT2D eigenvalue weighted by Crippen LogP contribution is 2.17. The van der Waals surface area contributed by atoms with Crippen molar-refractivity contribution in [2.75, 3.05) is 0 Å². The van der Waals surface area contributed by atoms with Crippen molar-refractivity contribution in [3.8, 4) is 6.07 Å². The first-order chi connectivity index (χ1) is 7.07. The normalized spacial score (nSPS) is 9.67. The van der Waals surface area contributed by atoms with Gasteiger partial charge in [-0.05, 0) is 18.6 Å². The summed E-state index contributed by atoms with van der Waals surface area (Å²) < 4.78 is 26.5. The molecule has 0 heterocycles. The van der Waals surface area contributed by atoms with E-state index in [1.807, 2.05) is 0 Å². The van der Waals surface area contributed by atoms with Crippen LogP contribution >= 0.6 is 0 Å². The van der Waals surface area contributed by atoms with Crippen LogP contribution < -0.4 is 5.73 Å². The fourth-order valence-electron chi connectivity index (χ4n) is 1.12. The fourth-order valence-corrected chi connectivity index (χ4v) is 1.12. The molecule has 0 saturated carbocycles. The lowest BCUT2D eigenvalue weighted by Gasteiger charge is -2.05. The van der Waals surface area contributed by atoms with Crippen molar-refractivity contribution in [1.82, 2.24) is 0 Å². The van der Waals surface area contributed by atoms with E-state index >= 15 is 0 Å². The smallest absolute Gasteiger partial charge is 0.251 e. The average molecular weight is 209 g/mol. The van der Waals surface area contributed by atoms with E-state index < -0.39 is 17.5 Å². The Labute approximate surface area is 85.1 Å². The molecule has 1 aromatic carbocycles. The molecule has 77 valence electrons. The molecule has 0 bridgehead atoms. The summed E-state index contributed by atoms with van der Waals surface area (Å²) in [5.74, 6) is -2.77. The van der Waals surface area contributed by atoms with Crippen molar-refractivity contribution in [3.05, 3.63) is 41.3 Å². The molecule has 0 aliphatic heterocycles.